The van der Waals surface area contributed by atoms with Gasteiger partial charge in [0.05, 0.1) is 5.56 Å². The summed E-state index contributed by atoms with van der Waals surface area (Å²) in [7, 11) is 0. The average Bonchev–Trinajstić information content (AvgIpc) is 2.73. The highest BCUT2D eigenvalue weighted by atomic mass is 35.5. The third-order valence-corrected chi connectivity index (χ3v) is 4.09. The Labute approximate surface area is 166 Å². The molecular weight excluding hydrogens is 380 g/mol. The Bertz CT molecular complexity index is 975. The van der Waals surface area contributed by atoms with E-state index < -0.39 is 11.8 Å². The van der Waals surface area contributed by atoms with E-state index in [1.165, 1.54) is 18.2 Å². The number of carbonyl (C=O) groups excluding carboxylic acids is 2. The molecule has 142 valence electrons. The molecule has 0 saturated heterocycles. The van der Waals surface area contributed by atoms with Crippen LogP contribution in [0.4, 0.5) is 0 Å². The van der Waals surface area contributed by atoms with Crippen molar-refractivity contribution in [3.05, 3.63) is 83.4 Å². The molecule has 0 fully saturated rings. The van der Waals surface area contributed by atoms with Crippen molar-refractivity contribution in [2.45, 2.75) is 0 Å². The fourth-order valence-corrected chi connectivity index (χ4v) is 2.62. The maximum Gasteiger partial charge on any atom is 0.276 e. The van der Waals surface area contributed by atoms with E-state index in [1.807, 2.05) is 42.5 Å². The second kappa shape index (κ2) is 8.92. The highest BCUT2D eigenvalue weighted by molar-refractivity contribution is 6.31. The number of hydrogen-bond donors (Lipinski definition) is 3. The summed E-state index contributed by atoms with van der Waals surface area (Å²) < 4.78 is 5.41. The van der Waals surface area contributed by atoms with E-state index in [9.17, 15) is 14.7 Å². The lowest BCUT2D eigenvalue weighted by Crippen LogP contribution is -2.43. The summed E-state index contributed by atoms with van der Waals surface area (Å²) >= 11 is 5.79. The second-order valence-electron chi connectivity index (χ2n) is 5.84. The van der Waals surface area contributed by atoms with Crippen LogP contribution in [0.25, 0.3) is 11.1 Å². The largest absolute Gasteiger partial charge is 0.507 e. The molecule has 3 rings (SSSR count). The first kappa shape index (κ1) is 19.3. The number of rotatable bonds is 5. The minimum absolute atomic E-state index is 0.0507. The molecule has 3 N–H and O–H groups in total. The van der Waals surface area contributed by atoms with Crippen LogP contribution in [0.1, 0.15) is 10.4 Å². The lowest BCUT2D eigenvalue weighted by atomic mass is 10.1. The van der Waals surface area contributed by atoms with Crippen molar-refractivity contribution in [3.63, 3.8) is 0 Å². The molecule has 7 heteroatoms. The lowest BCUT2D eigenvalue weighted by molar-refractivity contribution is -0.123. The minimum atomic E-state index is -0.694. The first-order chi connectivity index (χ1) is 13.5. The third-order valence-electron chi connectivity index (χ3n) is 3.85. The predicted molar refractivity (Wildman–Crippen MR) is 106 cm³/mol. The van der Waals surface area contributed by atoms with Crippen LogP contribution in [0.3, 0.4) is 0 Å². The Morgan fingerprint density at radius 3 is 2.29 bits per heavy atom. The van der Waals surface area contributed by atoms with Crippen molar-refractivity contribution in [2.24, 2.45) is 0 Å². The summed E-state index contributed by atoms with van der Waals surface area (Å²) in [6, 6.07) is 21.2. The Morgan fingerprint density at radius 2 is 1.57 bits per heavy atom. The normalized spacial score (nSPS) is 10.2. The highest BCUT2D eigenvalue weighted by Crippen LogP contribution is 2.22. The van der Waals surface area contributed by atoms with Gasteiger partial charge in [0.1, 0.15) is 11.5 Å². The van der Waals surface area contributed by atoms with E-state index in [-0.39, 0.29) is 22.9 Å². The van der Waals surface area contributed by atoms with Gasteiger partial charge in [-0.15, -0.1) is 0 Å². The van der Waals surface area contributed by atoms with Gasteiger partial charge >= 0.3 is 0 Å². The van der Waals surface area contributed by atoms with Crippen LogP contribution in [0.5, 0.6) is 11.5 Å². The molecule has 3 aromatic rings. The Kier molecular flexibility index (Phi) is 6.14. The molecule has 0 heterocycles. The summed E-state index contributed by atoms with van der Waals surface area (Å²) in [5.74, 6) is -0.970. The maximum atomic E-state index is 12.0. The number of phenols is 1. The van der Waals surface area contributed by atoms with Gasteiger partial charge in [-0.1, -0.05) is 54.1 Å². The van der Waals surface area contributed by atoms with Crippen molar-refractivity contribution in [3.8, 4) is 22.6 Å². The maximum absolute atomic E-state index is 12.0. The molecule has 0 unspecified atom stereocenters. The fraction of sp³-hybridized carbons (Fsp3) is 0.0476. The van der Waals surface area contributed by atoms with Gasteiger partial charge < -0.3 is 9.84 Å². The van der Waals surface area contributed by atoms with Crippen LogP contribution in [0.15, 0.2) is 72.8 Å². The summed E-state index contributed by atoms with van der Waals surface area (Å²) in [6.07, 6.45) is 0. The first-order valence-corrected chi connectivity index (χ1v) is 8.77. The molecule has 0 saturated carbocycles. The molecule has 0 aliphatic heterocycles. The van der Waals surface area contributed by atoms with Crippen LogP contribution < -0.4 is 15.6 Å². The fourth-order valence-electron chi connectivity index (χ4n) is 2.44. The number of hydrazine groups is 1. The zero-order valence-electron chi connectivity index (χ0n) is 14.7. The van der Waals surface area contributed by atoms with Gasteiger partial charge in [-0.05, 0) is 41.5 Å². The SMILES string of the molecule is O=C(COc1ccc(-c2ccccc2)cc1)NNC(=O)c1cc(Cl)ccc1O. The van der Waals surface area contributed by atoms with E-state index in [0.717, 1.165) is 11.1 Å². The Hall–Kier alpha value is -3.51. The molecule has 3 aromatic carbocycles. The van der Waals surface area contributed by atoms with Crippen molar-refractivity contribution in [2.75, 3.05) is 6.61 Å². The third kappa shape index (κ3) is 5.02. The monoisotopic (exact) mass is 396 g/mol. The van der Waals surface area contributed by atoms with Gasteiger partial charge in [0.15, 0.2) is 6.61 Å². The number of aromatic hydroxyl groups is 1. The van der Waals surface area contributed by atoms with Crippen LogP contribution >= 0.6 is 11.6 Å². The number of hydrogen-bond acceptors (Lipinski definition) is 4. The minimum Gasteiger partial charge on any atom is -0.507 e. The van der Waals surface area contributed by atoms with Gasteiger partial charge in [0.25, 0.3) is 11.8 Å². The smallest absolute Gasteiger partial charge is 0.276 e. The number of benzene rings is 3. The number of halogens is 1. The number of carbonyl (C=O) groups is 2. The molecular formula is C21H17ClN2O4. The highest BCUT2D eigenvalue weighted by Gasteiger charge is 2.13. The summed E-state index contributed by atoms with van der Waals surface area (Å²) in [5, 5.41) is 9.96. The lowest BCUT2D eigenvalue weighted by Gasteiger charge is -2.10. The Balaban J connectivity index is 1.49. The van der Waals surface area contributed by atoms with E-state index in [1.54, 1.807) is 12.1 Å². The van der Waals surface area contributed by atoms with Crippen molar-refractivity contribution in [1.29, 1.82) is 0 Å². The van der Waals surface area contributed by atoms with Crippen LogP contribution in [-0.4, -0.2) is 23.5 Å². The van der Waals surface area contributed by atoms with Gasteiger partial charge in [-0.3, -0.25) is 20.4 Å². The molecule has 0 aliphatic rings. The number of phenolic OH excluding ortho intramolecular Hbond substituents is 1. The number of ether oxygens (including phenoxy) is 1. The molecule has 0 bridgehead atoms. The molecule has 0 radical (unpaired) electrons. The molecule has 0 spiro atoms. The summed E-state index contributed by atoms with van der Waals surface area (Å²) in [5.41, 5.74) is 6.48. The quantitative estimate of drug-likeness (QED) is 0.575. The molecule has 0 aromatic heterocycles. The van der Waals surface area contributed by atoms with Crippen LogP contribution in [0, 0.1) is 0 Å². The van der Waals surface area contributed by atoms with E-state index in [0.29, 0.717) is 5.75 Å². The number of amides is 2. The number of nitrogens with one attached hydrogen (secondary N) is 2. The standard InChI is InChI=1S/C21H17ClN2O4/c22-16-8-11-19(25)18(12-16)21(27)24-23-20(26)13-28-17-9-6-15(7-10-17)14-4-2-1-3-5-14/h1-12,25H,13H2,(H,23,26)(H,24,27). The van der Waals surface area contributed by atoms with Crippen molar-refractivity contribution < 1.29 is 19.4 Å². The van der Waals surface area contributed by atoms with Gasteiger partial charge in [-0.2, -0.15) is 0 Å². The molecule has 0 atom stereocenters. The van der Waals surface area contributed by atoms with Crippen molar-refractivity contribution >= 4 is 23.4 Å². The summed E-state index contributed by atoms with van der Waals surface area (Å²) in [4.78, 5) is 23.8. The van der Waals surface area contributed by atoms with Crippen LogP contribution in [-0.2, 0) is 4.79 Å². The van der Waals surface area contributed by atoms with Crippen LogP contribution in [0.2, 0.25) is 5.02 Å². The molecule has 2 amide bonds. The zero-order chi connectivity index (χ0) is 19.9. The van der Waals surface area contributed by atoms with E-state index in [4.69, 9.17) is 16.3 Å². The van der Waals surface area contributed by atoms with Gasteiger partial charge in [0.2, 0.25) is 0 Å². The topological polar surface area (TPSA) is 87.7 Å². The second-order valence-corrected chi connectivity index (χ2v) is 6.28. The first-order valence-electron chi connectivity index (χ1n) is 8.39. The van der Waals surface area contributed by atoms with Gasteiger partial charge in [0, 0.05) is 5.02 Å². The molecule has 28 heavy (non-hydrogen) atoms. The molecule has 6 nitrogen and oxygen atoms in total. The average molecular weight is 397 g/mol. The zero-order valence-corrected chi connectivity index (χ0v) is 15.4. The Morgan fingerprint density at radius 1 is 0.893 bits per heavy atom. The molecule has 0 aliphatic carbocycles. The summed E-state index contributed by atoms with van der Waals surface area (Å²) in [6.45, 7) is -0.285. The predicted octanol–water partition coefficient (Wildman–Crippen LogP) is 3.55. The van der Waals surface area contributed by atoms with Crippen molar-refractivity contribution in [1.82, 2.24) is 10.9 Å². The van der Waals surface area contributed by atoms with Gasteiger partial charge in [-0.25, -0.2) is 0 Å². The van der Waals surface area contributed by atoms with E-state index >= 15 is 0 Å². The van der Waals surface area contributed by atoms with E-state index in [2.05, 4.69) is 10.9 Å².